The van der Waals surface area contributed by atoms with Gasteiger partial charge >= 0.3 is 0 Å². The maximum Gasteiger partial charge on any atom is 0.0175 e. The first-order valence-electron chi connectivity index (χ1n) is 7.40. The van der Waals surface area contributed by atoms with Gasteiger partial charge in [-0.05, 0) is 53.5 Å². The molecule has 0 aliphatic rings. The predicted octanol–water partition coefficient (Wildman–Crippen LogP) is 6.31. The van der Waals surface area contributed by atoms with E-state index < -0.39 is 0 Å². The number of halogens is 1. The predicted molar refractivity (Wildman–Crippen MR) is 91.4 cm³/mol. The Balaban J connectivity index is 1.92. The minimum absolute atomic E-state index is 0.605. The van der Waals surface area contributed by atoms with Crippen molar-refractivity contribution in [2.24, 2.45) is 0 Å². The summed E-state index contributed by atoms with van der Waals surface area (Å²) in [5.41, 5.74) is 4.29. The summed E-state index contributed by atoms with van der Waals surface area (Å²) in [5.74, 6) is 1.22. The minimum atomic E-state index is 0.605. The zero-order chi connectivity index (χ0) is 14.5. The van der Waals surface area contributed by atoms with Crippen molar-refractivity contribution in [1.29, 1.82) is 0 Å². The van der Waals surface area contributed by atoms with E-state index in [9.17, 15) is 0 Å². The fraction of sp³-hybridized carbons (Fsp3) is 0.368. The van der Waals surface area contributed by atoms with Gasteiger partial charge in [0.1, 0.15) is 0 Å². The van der Waals surface area contributed by atoms with E-state index in [4.69, 9.17) is 0 Å². The maximum atomic E-state index is 3.49. The number of rotatable bonds is 5. The second-order valence-corrected chi connectivity index (χ2v) is 6.80. The van der Waals surface area contributed by atoms with E-state index in [1.807, 2.05) is 0 Å². The first-order valence-corrected chi connectivity index (χ1v) is 8.20. The van der Waals surface area contributed by atoms with Crippen LogP contribution in [0, 0.1) is 0 Å². The van der Waals surface area contributed by atoms with Crippen LogP contribution >= 0.6 is 15.9 Å². The second kappa shape index (κ2) is 7.08. The molecule has 20 heavy (non-hydrogen) atoms. The molecule has 2 aromatic rings. The molecule has 0 spiro atoms. The van der Waals surface area contributed by atoms with Crippen LogP contribution in [0.15, 0.2) is 53.0 Å². The number of benzene rings is 2. The Kier molecular flexibility index (Phi) is 5.42. The zero-order valence-corrected chi connectivity index (χ0v) is 14.2. The smallest absolute Gasteiger partial charge is 0.0175 e. The lowest BCUT2D eigenvalue weighted by Gasteiger charge is -2.12. The van der Waals surface area contributed by atoms with E-state index in [0.717, 1.165) is 10.9 Å². The van der Waals surface area contributed by atoms with Gasteiger partial charge in [-0.1, -0.05) is 73.1 Å². The van der Waals surface area contributed by atoms with Crippen LogP contribution in [0.5, 0.6) is 0 Å². The van der Waals surface area contributed by atoms with Crippen LogP contribution in [0.25, 0.3) is 0 Å². The molecule has 0 aromatic heterocycles. The van der Waals surface area contributed by atoms with Crippen molar-refractivity contribution in [3.8, 4) is 0 Å². The molecule has 2 aromatic carbocycles. The van der Waals surface area contributed by atoms with E-state index in [-0.39, 0.29) is 0 Å². The van der Waals surface area contributed by atoms with Gasteiger partial charge in [0, 0.05) is 4.47 Å². The lowest BCUT2D eigenvalue weighted by molar-refractivity contribution is 0.679. The van der Waals surface area contributed by atoms with E-state index in [1.165, 1.54) is 23.1 Å². The Hall–Kier alpha value is -1.08. The number of aryl methyl sites for hydroxylation is 1. The van der Waals surface area contributed by atoms with Crippen LogP contribution in [0.3, 0.4) is 0 Å². The quantitative estimate of drug-likeness (QED) is 0.602. The van der Waals surface area contributed by atoms with Crippen LogP contribution in [-0.2, 0) is 6.42 Å². The molecule has 0 nitrogen and oxygen atoms in total. The standard InChI is InChI=1S/C19H23Br/c1-14(2)17-8-6-16(7-9-17)5-4-15(3)18-10-12-19(20)13-11-18/h6-15H,4-5H2,1-3H3. The molecular formula is C19H23Br. The van der Waals surface area contributed by atoms with Crippen molar-refractivity contribution in [2.75, 3.05) is 0 Å². The second-order valence-electron chi connectivity index (χ2n) is 5.89. The van der Waals surface area contributed by atoms with Gasteiger partial charge in [0.15, 0.2) is 0 Å². The molecule has 1 unspecified atom stereocenters. The summed E-state index contributed by atoms with van der Waals surface area (Å²) in [6, 6.07) is 17.8. The molecule has 0 aliphatic heterocycles. The summed E-state index contributed by atoms with van der Waals surface area (Å²) >= 11 is 3.49. The molecule has 1 heteroatoms. The van der Waals surface area contributed by atoms with Crippen LogP contribution < -0.4 is 0 Å². The zero-order valence-electron chi connectivity index (χ0n) is 12.6. The molecule has 0 saturated heterocycles. The van der Waals surface area contributed by atoms with Gasteiger partial charge in [-0.2, -0.15) is 0 Å². The summed E-state index contributed by atoms with van der Waals surface area (Å²) in [6.45, 7) is 6.79. The van der Waals surface area contributed by atoms with Crippen molar-refractivity contribution >= 4 is 15.9 Å². The van der Waals surface area contributed by atoms with E-state index >= 15 is 0 Å². The van der Waals surface area contributed by atoms with E-state index in [2.05, 4.69) is 85.2 Å². The van der Waals surface area contributed by atoms with Crippen molar-refractivity contribution in [2.45, 2.75) is 45.4 Å². The molecule has 2 rings (SSSR count). The number of hydrogen-bond donors (Lipinski definition) is 0. The van der Waals surface area contributed by atoms with Crippen molar-refractivity contribution in [1.82, 2.24) is 0 Å². The molecule has 0 fully saturated rings. The highest BCUT2D eigenvalue weighted by Crippen LogP contribution is 2.23. The maximum absolute atomic E-state index is 3.49. The third-order valence-electron chi connectivity index (χ3n) is 3.95. The average molecular weight is 331 g/mol. The molecule has 1 atom stereocenters. The lowest BCUT2D eigenvalue weighted by Crippen LogP contribution is -1.97. The lowest BCUT2D eigenvalue weighted by atomic mass is 9.93. The van der Waals surface area contributed by atoms with Crippen LogP contribution in [0.2, 0.25) is 0 Å². The Morgan fingerprint density at radius 2 is 1.35 bits per heavy atom. The molecule has 0 amide bonds. The molecule has 106 valence electrons. The van der Waals surface area contributed by atoms with Gasteiger partial charge in [-0.25, -0.2) is 0 Å². The number of hydrogen-bond acceptors (Lipinski definition) is 0. The van der Waals surface area contributed by atoms with E-state index in [1.54, 1.807) is 0 Å². The molecule has 0 N–H and O–H groups in total. The highest BCUT2D eigenvalue weighted by Gasteiger charge is 2.06. The van der Waals surface area contributed by atoms with Crippen molar-refractivity contribution in [3.63, 3.8) is 0 Å². The van der Waals surface area contributed by atoms with Crippen molar-refractivity contribution in [3.05, 3.63) is 69.7 Å². The first-order chi connectivity index (χ1) is 9.56. The summed E-state index contributed by atoms with van der Waals surface area (Å²) in [4.78, 5) is 0. The normalized spacial score (nSPS) is 12.7. The highest BCUT2D eigenvalue weighted by molar-refractivity contribution is 9.10. The molecule has 0 radical (unpaired) electrons. The Bertz CT molecular complexity index is 523. The summed E-state index contributed by atoms with van der Waals surface area (Å²) in [7, 11) is 0. The summed E-state index contributed by atoms with van der Waals surface area (Å²) in [6.07, 6.45) is 2.35. The van der Waals surface area contributed by atoms with Crippen LogP contribution in [-0.4, -0.2) is 0 Å². The third-order valence-corrected chi connectivity index (χ3v) is 4.48. The molecule has 0 heterocycles. The van der Waals surface area contributed by atoms with E-state index in [0.29, 0.717) is 11.8 Å². The Morgan fingerprint density at radius 3 is 1.90 bits per heavy atom. The van der Waals surface area contributed by atoms with Crippen LogP contribution in [0.1, 0.15) is 55.7 Å². The van der Waals surface area contributed by atoms with Crippen molar-refractivity contribution < 1.29 is 0 Å². The van der Waals surface area contributed by atoms with Gasteiger partial charge in [0.05, 0.1) is 0 Å². The summed E-state index contributed by atoms with van der Waals surface area (Å²) in [5, 5.41) is 0. The van der Waals surface area contributed by atoms with Crippen LogP contribution in [0.4, 0.5) is 0 Å². The fourth-order valence-electron chi connectivity index (χ4n) is 2.41. The van der Waals surface area contributed by atoms with Gasteiger partial charge in [0.25, 0.3) is 0 Å². The third kappa shape index (κ3) is 4.21. The minimum Gasteiger partial charge on any atom is -0.0588 e. The van der Waals surface area contributed by atoms with Gasteiger partial charge in [-0.3, -0.25) is 0 Å². The van der Waals surface area contributed by atoms with Gasteiger partial charge in [-0.15, -0.1) is 0 Å². The summed E-state index contributed by atoms with van der Waals surface area (Å²) < 4.78 is 1.15. The monoisotopic (exact) mass is 330 g/mol. The molecular weight excluding hydrogens is 308 g/mol. The Morgan fingerprint density at radius 1 is 0.800 bits per heavy atom. The topological polar surface area (TPSA) is 0 Å². The molecule has 0 aliphatic carbocycles. The first kappa shape index (κ1) is 15.3. The van der Waals surface area contributed by atoms with Gasteiger partial charge in [0.2, 0.25) is 0 Å². The fourth-order valence-corrected chi connectivity index (χ4v) is 2.67. The SMILES string of the molecule is CC(C)c1ccc(CCC(C)c2ccc(Br)cc2)cc1. The molecule has 0 saturated carbocycles. The Labute approximate surface area is 131 Å². The largest absolute Gasteiger partial charge is 0.0588 e. The van der Waals surface area contributed by atoms with Gasteiger partial charge < -0.3 is 0 Å². The average Bonchev–Trinajstić information content (AvgIpc) is 2.46. The highest BCUT2D eigenvalue weighted by atomic mass is 79.9. The molecule has 0 bridgehead atoms.